The molecule has 0 bridgehead atoms. The van der Waals surface area contributed by atoms with Gasteiger partial charge in [0.2, 0.25) is 5.91 Å². The average Bonchev–Trinajstić information content (AvgIpc) is 2.33. The monoisotopic (exact) mass is 259 g/mol. The Kier molecular flexibility index (Phi) is 10.6. The van der Waals surface area contributed by atoms with Crippen LogP contribution in [0.3, 0.4) is 0 Å². The number of Topliss-reactive ketones (excluding diaryl/α,β-unsaturated/α-hetero) is 1. The Hall–Kier alpha value is -0.940. The molecule has 0 unspecified atom stereocenters. The highest BCUT2D eigenvalue weighted by atomic mass is 16.5. The van der Waals surface area contributed by atoms with E-state index in [2.05, 4.69) is 5.32 Å². The van der Waals surface area contributed by atoms with Crippen LogP contribution in [0.15, 0.2) is 0 Å². The van der Waals surface area contributed by atoms with Crippen molar-refractivity contribution in [2.24, 2.45) is 0 Å². The zero-order valence-corrected chi connectivity index (χ0v) is 11.7. The molecule has 0 aromatic heterocycles. The molecule has 0 aliphatic rings. The van der Waals surface area contributed by atoms with E-state index >= 15 is 0 Å². The summed E-state index contributed by atoms with van der Waals surface area (Å²) < 4.78 is 10.5. The van der Waals surface area contributed by atoms with E-state index in [1.807, 2.05) is 20.8 Å². The molecule has 18 heavy (non-hydrogen) atoms. The molecule has 5 heteroatoms. The number of rotatable bonds is 11. The average molecular weight is 259 g/mol. The van der Waals surface area contributed by atoms with Gasteiger partial charge in [0.25, 0.3) is 0 Å². The third-order valence-electron chi connectivity index (χ3n) is 2.27. The molecule has 0 aliphatic carbocycles. The molecule has 0 heterocycles. The molecule has 0 rings (SSSR count). The zero-order chi connectivity index (χ0) is 13.8. The Morgan fingerprint density at radius 1 is 1.11 bits per heavy atom. The van der Waals surface area contributed by atoms with Gasteiger partial charge in [-0.25, -0.2) is 0 Å². The van der Waals surface area contributed by atoms with Crippen molar-refractivity contribution in [1.29, 1.82) is 0 Å². The quantitative estimate of drug-likeness (QED) is 0.568. The van der Waals surface area contributed by atoms with Gasteiger partial charge in [-0.05, 0) is 13.8 Å². The Morgan fingerprint density at radius 2 is 1.78 bits per heavy atom. The van der Waals surface area contributed by atoms with E-state index < -0.39 is 0 Å². The van der Waals surface area contributed by atoms with Crippen LogP contribution in [0.25, 0.3) is 0 Å². The van der Waals surface area contributed by atoms with Gasteiger partial charge in [-0.2, -0.15) is 0 Å². The Balaban J connectivity index is 3.29. The molecular formula is C13H25NO4. The fourth-order valence-electron chi connectivity index (χ4n) is 1.20. The van der Waals surface area contributed by atoms with Crippen LogP contribution in [0.2, 0.25) is 0 Å². The van der Waals surface area contributed by atoms with E-state index in [0.29, 0.717) is 45.6 Å². The standard InChI is InChI=1S/C13H25NO4/c1-4-12(15)5-8-17-9-6-13(16)14-7-10-18-11(2)3/h11H,4-10H2,1-3H3,(H,14,16). The summed E-state index contributed by atoms with van der Waals surface area (Å²) in [5.41, 5.74) is 0. The van der Waals surface area contributed by atoms with Crippen molar-refractivity contribution in [3.8, 4) is 0 Å². The molecule has 1 N–H and O–H groups in total. The summed E-state index contributed by atoms with van der Waals surface area (Å²) in [6.45, 7) is 7.53. The van der Waals surface area contributed by atoms with Crippen LogP contribution in [-0.2, 0) is 19.1 Å². The fraction of sp³-hybridized carbons (Fsp3) is 0.846. The van der Waals surface area contributed by atoms with Gasteiger partial charge in [-0.3, -0.25) is 9.59 Å². The first-order valence-corrected chi connectivity index (χ1v) is 6.54. The number of hydrogen-bond acceptors (Lipinski definition) is 4. The summed E-state index contributed by atoms with van der Waals surface area (Å²) in [7, 11) is 0. The number of nitrogens with one attached hydrogen (secondary N) is 1. The highest BCUT2D eigenvalue weighted by Crippen LogP contribution is 1.91. The number of carbonyl (C=O) groups excluding carboxylic acids is 2. The first-order chi connectivity index (χ1) is 8.56. The van der Waals surface area contributed by atoms with Crippen molar-refractivity contribution in [2.75, 3.05) is 26.4 Å². The Labute approximate surface area is 109 Å². The first kappa shape index (κ1) is 17.1. The summed E-state index contributed by atoms with van der Waals surface area (Å²) in [6, 6.07) is 0. The molecule has 0 saturated carbocycles. The van der Waals surface area contributed by atoms with Crippen LogP contribution >= 0.6 is 0 Å². The fourth-order valence-corrected chi connectivity index (χ4v) is 1.20. The van der Waals surface area contributed by atoms with Crippen LogP contribution in [0.5, 0.6) is 0 Å². The van der Waals surface area contributed by atoms with Crippen molar-refractivity contribution in [3.63, 3.8) is 0 Å². The normalized spacial score (nSPS) is 10.7. The maximum atomic E-state index is 11.3. The maximum absolute atomic E-state index is 11.3. The first-order valence-electron chi connectivity index (χ1n) is 6.54. The molecule has 1 amide bonds. The topological polar surface area (TPSA) is 64.6 Å². The van der Waals surface area contributed by atoms with Gasteiger partial charge in [0.1, 0.15) is 5.78 Å². The second-order valence-electron chi connectivity index (χ2n) is 4.27. The molecule has 0 aromatic rings. The van der Waals surface area contributed by atoms with Gasteiger partial charge < -0.3 is 14.8 Å². The lowest BCUT2D eigenvalue weighted by Crippen LogP contribution is -2.28. The van der Waals surface area contributed by atoms with Gasteiger partial charge in [-0.1, -0.05) is 6.92 Å². The molecule has 0 saturated heterocycles. The summed E-state index contributed by atoms with van der Waals surface area (Å²) in [4.78, 5) is 22.3. The molecule has 0 atom stereocenters. The molecule has 5 nitrogen and oxygen atoms in total. The largest absolute Gasteiger partial charge is 0.380 e. The van der Waals surface area contributed by atoms with Crippen molar-refractivity contribution >= 4 is 11.7 Å². The molecule has 0 fully saturated rings. The zero-order valence-electron chi connectivity index (χ0n) is 11.7. The molecule has 106 valence electrons. The van der Waals surface area contributed by atoms with Crippen LogP contribution in [0.4, 0.5) is 0 Å². The minimum Gasteiger partial charge on any atom is -0.380 e. The van der Waals surface area contributed by atoms with E-state index in [4.69, 9.17) is 9.47 Å². The highest BCUT2D eigenvalue weighted by molar-refractivity contribution is 5.78. The summed E-state index contributed by atoms with van der Waals surface area (Å²) in [5, 5.41) is 2.74. The van der Waals surface area contributed by atoms with Gasteiger partial charge in [-0.15, -0.1) is 0 Å². The lowest BCUT2D eigenvalue weighted by atomic mass is 10.2. The number of ketones is 1. The number of ether oxygens (including phenoxy) is 2. The minimum absolute atomic E-state index is 0.0517. The van der Waals surface area contributed by atoms with Crippen LogP contribution in [0, 0.1) is 0 Å². The second kappa shape index (κ2) is 11.2. The van der Waals surface area contributed by atoms with Gasteiger partial charge >= 0.3 is 0 Å². The van der Waals surface area contributed by atoms with Crippen molar-refractivity contribution < 1.29 is 19.1 Å². The van der Waals surface area contributed by atoms with Crippen LogP contribution in [0.1, 0.15) is 40.0 Å². The summed E-state index contributed by atoms with van der Waals surface area (Å²) >= 11 is 0. The Morgan fingerprint density at radius 3 is 2.39 bits per heavy atom. The lowest BCUT2D eigenvalue weighted by Gasteiger charge is -2.08. The third-order valence-corrected chi connectivity index (χ3v) is 2.27. The molecular weight excluding hydrogens is 234 g/mol. The van der Waals surface area contributed by atoms with Crippen LogP contribution in [-0.4, -0.2) is 44.2 Å². The van der Waals surface area contributed by atoms with Gasteiger partial charge in [0, 0.05) is 25.8 Å². The molecule has 0 aromatic carbocycles. The number of carbonyl (C=O) groups is 2. The van der Waals surface area contributed by atoms with Crippen molar-refractivity contribution in [3.05, 3.63) is 0 Å². The Bertz CT molecular complexity index is 241. The predicted molar refractivity (Wildman–Crippen MR) is 69.4 cm³/mol. The minimum atomic E-state index is -0.0517. The predicted octanol–water partition coefficient (Wildman–Crippen LogP) is 1.30. The molecule has 0 aliphatic heterocycles. The van der Waals surface area contributed by atoms with E-state index in [1.54, 1.807) is 0 Å². The summed E-state index contributed by atoms with van der Waals surface area (Å²) in [5.74, 6) is 0.134. The van der Waals surface area contributed by atoms with E-state index in [-0.39, 0.29) is 17.8 Å². The van der Waals surface area contributed by atoms with Crippen molar-refractivity contribution in [2.45, 2.75) is 46.1 Å². The number of amides is 1. The molecule has 0 spiro atoms. The SMILES string of the molecule is CCC(=O)CCOCCC(=O)NCCOC(C)C. The molecule has 0 radical (unpaired) electrons. The second-order valence-corrected chi connectivity index (χ2v) is 4.27. The van der Waals surface area contributed by atoms with E-state index in [9.17, 15) is 9.59 Å². The smallest absolute Gasteiger partial charge is 0.222 e. The third kappa shape index (κ3) is 11.5. The van der Waals surface area contributed by atoms with Gasteiger partial charge in [0.15, 0.2) is 0 Å². The van der Waals surface area contributed by atoms with E-state index in [1.165, 1.54) is 0 Å². The van der Waals surface area contributed by atoms with Gasteiger partial charge in [0.05, 0.1) is 25.9 Å². The van der Waals surface area contributed by atoms with E-state index in [0.717, 1.165) is 0 Å². The van der Waals surface area contributed by atoms with Crippen LogP contribution < -0.4 is 5.32 Å². The lowest BCUT2D eigenvalue weighted by molar-refractivity contribution is -0.122. The summed E-state index contributed by atoms with van der Waals surface area (Å²) in [6.07, 6.45) is 1.48. The number of hydrogen-bond donors (Lipinski definition) is 1. The maximum Gasteiger partial charge on any atom is 0.222 e. The van der Waals surface area contributed by atoms with Crippen molar-refractivity contribution in [1.82, 2.24) is 5.32 Å². The highest BCUT2D eigenvalue weighted by Gasteiger charge is 2.02.